The zero-order valence-corrected chi connectivity index (χ0v) is 16.9. The minimum atomic E-state index is -0.638. The summed E-state index contributed by atoms with van der Waals surface area (Å²) in [5.74, 6) is -0.423. The molecule has 2 aliphatic heterocycles. The predicted molar refractivity (Wildman–Crippen MR) is 114 cm³/mol. The number of benzene rings is 2. The van der Waals surface area contributed by atoms with Gasteiger partial charge in [0, 0.05) is 5.75 Å². The monoisotopic (exact) mass is 420 g/mol. The Bertz CT molecular complexity index is 967. The van der Waals surface area contributed by atoms with E-state index in [2.05, 4.69) is 11.9 Å². The van der Waals surface area contributed by atoms with E-state index >= 15 is 0 Å². The molecule has 0 aliphatic carbocycles. The standard InChI is InChI=1S/C23H20N2O4S/c1-2-15-13-30-22-18(24-14-26)21(27)25(22)19(15)23(28)29-20(16-9-5-3-6-10-16)17-11-7-4-8-12-17/h2-12,14,18,20,22H,1,13H2,(H,24,26)/t18-,22-/m1/s1. The van der Waals surface area contributed by atoms with Crippen LogP contribution in [0.25, 0.3) is 0 Å². The lowest BCUT2D eigenvalue weighted by molar-refractivity contribution is -0.154. The first-order valence-electron chi connectivity index (χ1n) is 9.46. The highest BCUT2D eigenvalue weighted by atomic mass is 32.2. The van der Waals surface area contributed by atoms with Crippen molar-refractivity contribution in [2.45, 2.75) is 17.5 Å². The predicted octanol–water partition coefficient (Wildman–Crippen LogP) is 2.79. The number of hydrogen-bond acceptors (Lipinski definition) is 5. The molecule has 2 aliphatic rings. The fraction of sp³-hybridized carbons (Fsp3) is 0.174. The van der Waals surface area contributed by atoms with Crippen molar-refractivity contribution in [1.29, 1.82) is 0 Å². The molecule has 2 heterocycles. The van der Waals surface area contributed by atoms with Gasteiger partial charge in [0.25, 0.3) is 5.91 Å². The number of allylic oxidation sites excluding steroid dienone is 1. The number of hydrogen-bond donors (Lipinski definition) is 1. The van der Waals surface area contributed by atoms with Gasteiger partial charge in [-0.2, -0.15) is 0 Å². The molecule has 1 N–H and O–H groups in total. The number of carbonyl (C=O) groups excluding carboxylic acids is 3. The van der Waals surface area contributed by atoms with Crippen LogP contribution in [0.5, 0.6) is 0 Å². The summed E-state index contributed by atoms with van der Waals surface area (Å²) in [6.07, 6.45) is 1.46. The fourth-order valence-electron chi connectivity index (χ4n) is 3.63. The van der Waals surface area contributed by atoms with E-state index in [4.69, 9.17) is 4.74 Å². The van der Waals surface area contributed by atoms with E-state index in [1.54, 1.807) is 6.08 Å². The minimum absolute atomic E-state index is 0.194. The average Bonchev–Trinajstić information content (AvgIpc) is 2.80. The van der Waals surface area contributed by atoms with Crippen LogP contribution in [0.2, 0.25) is 0 Å². The van der Waals surface area contributed by atoms with E-state index in [0.717, 1.165) is 11.1 Å². The molecule has 152 valence electrons. The number of fused-ring (bicyclic) bond motifs is 1. The molecule has 1 saturated heterocycles. The molecule has 2 aromatic carbocycles. The topological polar surface area (TPSA) is 75.7 Å². The van der Waals surface area contributed by atoms with Gasteiger partial charge in [-0.3, -0.25) is 14.5 Å². The molecule has 0 bridgehead atoms. The second kappa shape index (κ2) is 8.59. The molecule has 0 spiro atoms. The van der Waals surface area contributed by atoms with Gasteiger partial charge in [-0.15, -0.1) is 11.8 Å². The number of ether oxygens (including phenoxy) is 1. The fourth-order valence-corrected chi connectivity index (χ4v) is 4.98. The highest BCUT2D eigenvalue weighted by Crippen LogP contribution is 2.41. The quantitative estimate of drug-likeness (QED) is 0.424. The average molecular weight is 420 g/mol. The van der Waals surface area contributed by atoms with Gasteiger partial charge in [-0.25, -0.2) is 4.79 Å². The van der Waals surface area contributed by atoms with Gasteiger partial charge in [-0.1, -0.05) is 73.3 Å². The Hall–Kier alpha value is -3.32. The summed E-state index contributed by atoms with van der Waals surface area (Å²) in [5, 5.41) is 2.19. The van der Waals surface area contributed by atoms with Gasteiger partial charge in [0.2, 0.25) is 6.41 Å². The lowest BCUT2D eigenvalue weighted by atomic mass is 10.0. The normalized spacial score (nSPS) is 20.3. The van der Waals surface area contributed by atoms with Crippen molar-refractivity contribution in [3.63, 3.8) is 0 Å². The first-order chi connectivity index (χ1) is 14.7. The van der Waals surface area contributed by atoms with E-state index in [1.165, 1.54) is 16.7 Å². The molecule has 0 radical (unpaired) electrons. The molecule has 4 rings (SSSR count). The SMILES string of the molecule is C=CC1=C(C(=O)OC(c2ccccc2)c2ccccc2)N2C(=O)[C@@H](NC=O)[C@H]2SC1. The number of β-lactam (4-membered cyclic amide) rings is 1. The largest absolute Gasteiger partial charge is 0.448 e. The highest BCUT2D eigenvalue weighted by molar-refractivity contribution is 8.00. The zero-order chi connectivity index (χ0) is 21.1. The smallest absolute Gasteiger partial charge is 0.356 e. The van der Waals surface area contributed by atoms with E-state index in [0.29, 0.717) is 17.7 Å². The van der Waals surface area contributed by atoms with Crippen molar-refractivity contribution in [1.82, 2.24) is 10.2 Å². The van der Waals surface area contributed by atoms with Gasteiger partial charge >= 0.3 is 5.97 Å². The maximum Gasteiger partial charge on any atom is 0.356 e. The van der Waals surface area contributed by atoms with Crippen molar-refractivity contribution in [2.75, 3.05) is 5.75 Å². The maximum atomic E-state index is 13.3. The van der Waals surface area contributed by atoms with E-state index in [1.807, 2.05) is 60.7 Å². The molecule has 0 saturated carbocycles. The van der Waals surface area contributed by atoms with Crippen molar-refractivity contribution >= 4 is 30.0 Å². The lowest BCUT2D eigenvalue weighted by Crippen LogP contribution is -2.69. The van der Waals surface area contributed by atoms with Crippen molar-refractivity contribution in [3.8, 4) is 0 Å². The lowest BCUT2D eigenvalue weighted by Gasteiger charge is -2.49. The van der Waals surface area contributed by atoms with Crippen LogP contribution < -0.4 is 5.32 Å². The van der Waals surface area contributed by atoms with Crippen LogP contribution in [-0.4, -0.2) is 40.4 Å². The van der Waals surface area contributed by atoms with Gasteiger partial charge in [0.1, 0.15) is 17.1 Å². The summed E-state index contributed by atoms with van der Waals surface area (Å²) < 4.78 is 5.95. The summed E-state index contributed by atoms with van der Waals surface area (Å²) in [5.41, 5.74) is 2.49. The molecule has 6 nitrogen and oxygen atoms in total. The van der Waals surface area contributed by atoms with Gasteiger partial charge in [-0.05, 0) is 16.7 Å². The molecule has 1 fully saturated rings. The molecular formula is C23H20N2O4S. The third-order valence-electron chi connectivity index (χ3n) is 5.11. The molecule has 0 unspecified atom stereocenters. The molecule has 2 aromatic rings. The summed E-state index contributed by atoms with van der Waals surface area (Å²) in [4.78, 5) is 38.1. The van der Waals surface area contributed by atoms with Crippen LogP contribution in [0, 0.1) is 0 Å². The minimum Gasteiger partial charge on any atom is -0.448 e. The van der Waals surface area contributed by atoms with Crippen LogP contribution in [0.1, 0.15) is 17.2 Å². The number of thioether (sulfide) groups is 1. The zero-order valence-electron chi connectivity index (χ0n) is 16.1. The van der Waals surface area contributed by atoms with Crippen LogP contribution in [0.4, 0.5) is 0 Å². The number of esters is 1. The third kappa shape index (κ3) is 3.52. The van der Waals surface area contributed by atoms with Crippen LogP contribution >= 0.6 is 11.8 Å². The van der Waals surface area contributed by atoms with Gasteiger partial charge in [0.15, 0.2) is 6.10 Å². The van der Waals surface area contributed by atoms with Crippen molar-refractivity contribution < 1.29 is 19.1 Å². The molecule has 2 amide bonds. The second-order valence-corrected chi connectivity index (χ2v) is 7.96. The Morgan fingerprint density at radius 2 is 1.73 bits per heavy atom. The number of nitrogens with one attached hydrogen (secondary N) is 1. The summed E-state index contributed by atoms with van der Waals surface area (Å²) >= 11 is 1.48. The molecule has 0 aromatic heterocycles. The van der Waals surface area contributed by atoms with E-state index in [-0.39, 0.29) is 17.0 Å². The molecule has 30 heavy (non-hydrogen) atoms. The Kier molecular flexibility index (Phi) is 5.72. The van der Waals surface area contributed by atoms with Gasteiger partial charge in [0.05, 0.1) is 0 Å². The number of amides is 2. The molecular weight excluding hydrogens is 400 g/mol. The highest BCUT2D eigenvalue weighted by Gasteiger charge is 2.53. The number of rotatable bonds is 7. The Balaban J connectivity index is 1.66. The Morgan fingerprint density at radius 3 is 2.27 bits per heavy atom. The van der Waals surface area contributed by atoms with Gasteiger partial charge < -0.3 is 10.1 Å². The summed E-state index contributed by atoms with van der Waals surface area (Å²) in [6, 6.07) is 18.3. The number of carbonyl (C=O) groups is 3. The summed E-state index contributed by atoms with van der Waals surface area (Å²) in [7, 11) is 0. The van der Waals surface area contributed by atoms with Crippen LogP contribution in [0.3, 0.4) is 0 Å². The van der Waals surface area contributed by atoms with E-state index < -0.39 is 18.1 Å². The third-order valence-corrected chi connectivity index (χ3v) is 6.42. The summed E-state index contributed by atoms with van der Waals surface area (Å²) in [6.45, 7) is 3.79. The van der Waals surface area contributed by atoms with Crippen LogP contribution in [-0.2, 0) is 19.1 Å². The first-order valence-corrected chi connectivity index (χ1v) is 10.5. The molecule has 7 heteroatoms. The van der Waals surface area contributed by atoms with E-state index in [9.17, 15) is 14.4 Å². The first kappa shape index (κ1) is 20.0. The second-order valence-electron chi connectivity index (χ2n) is 6.86. The Labute approximate surface area is 178 Å². The Morgan fingerprint density at radius 1 is 1.13 bits per heavy atom. The van der Waals surface area contributed by atoms with Crippen LogP contribution in [0.15, 0.2) is 84.6 Å². The maximum absolute atomic E-state index is 13.3. The number of nitrogens with zero attached hydrogens (tertiary/aromatic N) is 1. The van der Waals surface area contributed by atoms with Crippen molar-refractivity contribution in [3.05, 3.63) is 95.7 Å². The molecule has 2 atom stereocenters. The van der Waals surface area contributed by atoms with Crippen molar-refractivity contribution in [2.24, 2.45) is 0 Å².